The van der Waals surface area contributed by atoms with Gasteiger partial charge in [0.2, 0.25) is 0 Å². The van der Waals surface area contributed by atoms with Crippen molar-refractivity contribution < 1.29 is 22.8 Å². The highest BCUT2D eigenvalue weighted by atomic mass is 31.2. The Morgan fingerprint density at radius 3 is 2.44 bits per heavy atom. The first-order chi connectivity index (χ1) is 8.60. The molecular formula is C11H13FNO4P. The molecule has 0 N–H and O–H groups in total. The molecule has 0 saturated carbocycles. The number of nitrogens with zero attached hydrogens (tertiary/aromatic N) is 1. The first-order valence-electron chi connectivity index (χ1n) is 5.22. The Balaban J connectivity index is 2.33. The van der Waals surface area contributed by atoms with Gasteiger partial charge in [-0.3, -0.25) is 13.9 Å². The minimum atomic E-state index is -3.51. The SMILES string of the molecule is COP(=O)(OC)N1OCC=C1c1ccc(F)cc1. The zero-order valence-electron chi connectivity index (χ0n) is 10.00. The lowest BCUT2D eigenvalue weighted by atomic mass is 10.1. The summed E-state index contributed by atoms with van der Waals surface area (Å²) in [5, 5.41) is 0. The summed E-state index contributed by atoms with van der Waals surface area (Å²) in [6.07, 6.45) is 1.72. The lowest BCUT2D eigenvalue weighted by Crippen LogP contribution is -2.16. The van der Waals surface area contributed by atoms with Crippen molar-refractivity contribution in [2.75, 3.05) is 20.8 Å². The molecule has 1 aromatic rings. The van der Waals surface area contributed by atoms with Crippen molar-refractivity contribution in [3.05, 3.63) is 41.7 Å². The van der Waals surface area contributed by atoms with Gasteiger partial charge in [0.25, 0.3) is 0 Å². The van der Waals surface area contributed by atoms with E-state index in [0.717, 1.165) is 4.83 Å². The molecular weight excluding hydrogens is 260 g/mol. The fourth-order valence-electron chi connectivity index (χ4n) is 1.61. The second-order valence-electron chi connectivity index (χ2n) is 3.50. The Morgan fingerprint density at radius 1 is 1.28 bits per heavy atom. The van der Waals surface area contributed by atoms with Crippen LogP contribution in [0.3, 0.4) is 0 Å². The first-order valence-corrected chi connectivity index (χ1v) is 6.71. The minimum Gasteiger partial charge on any atom is -0.294 e. The van der Waals surface area contributed by atoms with Crippen molar-refractivity contribution in [1.82, 2.24) is 4.83 Å². The minimum absolute atomic E-state index is 0.253. The van der Waals surface area contributed by atoms with Crippen LogP contribution < -0.4 is 0 Å². The maximum atomic E-state index is 12.9. The molecule has 1 aliphatic rings. The van der Waals surface area contributed by atoms with Crippen molar-refractivity contribution in [2.24, 2.45) is 0 Å². The molecule has 0 radical (unpaired) electrons. The monoisotopic (exact) mass is 273 g/mol. The summed E-state index contributed by atoms with van der Waals surface area (Å²) >= 11 is 0. The van der Waals surface area contributed by atoms with Gasteiger partial charge in [-0.1, -0.05) is 0 Å². The standard InChI is InChI=1S/C11H13FNO4P/c1-15-18(14,16-2)13-11(7-8-17-13)9-3-5-10(12)6-4-9/h3-7H,8H2,1-2H3. The zero-order valence-corrected chi connectivity index (χ0v) is 10.9. The van der Waals surface area contributed by atoms with Crippen LogP contribution in [0, 0.1) is 5.82 Å². The molecule has 0 bridgehead atoms. The summed E-state index contributed by atoms with van der Waals surface area (Å²) in [5.41, 5.74) is 1.20. The fraction of sp³-hybridized carbons (Fsp3) is 0.273. The molecule has 1 heterocycles. The molecule has 18 heavy (non-hydrogen) atoms. The molecule has 5 nitrogen and oxygen atoms in total. The summed E-state index contributed by atoms with van der Waals surface area (Å²) < 4.78 is 34.8. The second-order valence-corrected chi connectivity index (χ2v) is 5.53. The van der Waals surface area contributed by atoms with Crippen LogP contribution in [0.15, 0.2) is 30.3 Å². The van der Waals surface area contributed by atoms with Crippen molar-refractivity contribution in [3.63, 3.8) is 0 Å². The predicted octanol–water partition coefficient (Wildman–Crippen LogP) is 2.81. The van der Waals surface area contributed by atoms with Crippen LogP contribution in [0.2, 0.25) is 0 Å². The quantitative estimate of drug-likeness (QED) is 0.789. The van der Waals surface area contributed by atoms with E-state index in [9.17, 15) is 8.96 Å². The number of hydrogen-bond acceptors (Lipinski definition) is 4. The molecule has 0 saturated heterocycles. The predicted molar refractivity (Wildman–Crippen MR) is 63.8 cm³/mol. The van der Waals surface area contributed by atoms with Gasteiger partial charge in [-0.15, -0.1) is 0 Å². The van der Waals surface area contributed by atoms with E-state index in [1.165, 1.54) is 26.4 Å². The third-order valence-electron chi connectivity index (χ3n) is 2.50. The van der Waals surface area contributed by atoms with Crippen LogP contribution in [-0.2, 0) is 18.5 Å². The van der Waals surface area contributed by atoms with Gasteiger partial charge in [0.05, 0.1) is 12.3 Å². The Morgan fingerprint density at radius 2 is 1.89 bits per heavy atom. The maximum absolute atomic E-state index is 12.9. The topological polar surface area (TPSA) is 48.0 Å². The van der Waals surface area contributed by atoms with Gasteiger partial charge in [0, 0.05) is 19.8 Å². The molecule has 98 valence electrons. The lowest BCUT2D eigenvalue weighted by Gasteiger charge is -2.26. The molecule has 1 aliphatic heterocycles. The highest BCUT2D eigenvalue weighted by Crippen LogP contribution is 2.55. The number of hydroxylamine groups is 1. The van der Waals surface area contributed by atoms with E-state index in [0.29, 0.717) is 11.3 Å². The highest BCUT2D eigenvalue weighted by molar-refractivity contribution is 7.51. The molecule has 0 fully saturated rings. The average molecular weight is 273 g/mol. The lowest BCUT2D eigenvalue weighted by molar-refractivity contribution is -0.0325. The molecule has 1 aromatic carbocycles. The Kier molecular flexibility index (Phi) is 3.82. The molecule has 7 heteroatoms. The molecule has 0 aromatic heterocycles. The maximum Gasteiger partial charge on any atom is 0.458 e. The van der Waals surface area contributed by atoms with Crippen molar-refractivity contribution in [3.8, 4) is 0 Å². The summed E-state index contributed by atoms with van der Waals surface area (Å²) in [7, 11) is -0.969. The van der Waals surface area contributed by atoms with Crippen LogP contribution in [0.4, 0.5) is 4.39 Å². The van der Waals surface area contributed by atoms with Crippen LogP contribution in [-0.4, -0.2) is 25.7 Å². The molecule has 0 amide bonds. The van der Waals surface area contributed by atoms with Crippen molar-refractivity contribution in [2.45, 2.75) is 0 Å². The number of hydrogen-bond donors (Lipinski definition) is 0. The van der Waals surface area contributed by atoms with E-state index in [1.54, 1.807) is 18.2 Å². The molecule has 0 unspecified atom stereocenters. The Bertz CT molecular complexity index is 494. The molecule has 0 aliphatic carbocycles. The van der Waals surface area contributed by atoms with Gasteiger partial charge in [0.15, 0.2) is 0 Å². The van der Waals surface area contributed by atoms with Crippen LogP contribution in [0.5, 0.6) is 0 Å². The first kappa shape index (κ1) is 13.2. The molecule has 0 atom stereocenters. The van der Waals surface area contributed by atoms with Gasteiger partial charge < -0.3 is 0 Å². The second kappa shape index (κ2) is 5.20. The average Bonchev–Trinajstić information content (AvgIpc) is 2.88. The number of rotatable bonds is 4. The summed E-state index contributed by atoms with van der Waals surface area (Å²) in [6.45, 7) is 0.253. The summed E-state index contributed by atoms with van der Waals surface area (Å²) in [5.74, 6) is -0.341. The summed E-state index contributed by atoms with van der Waals surface area (Å²) in [4.78, 5) is 6.33. The number of benzene rings is 1. The van der Waals surface area contributed by atoms with Gasteiger partial charge in [-0.25, -0.2) is 8.96 Å². The van der Waals surface area contributed by atoms with E-state index < -0.39 is 7.75 Å². The third kappa shape index (κ3) is 2.33. The van der Waals surface area contributed by atoms with Gasteiger partial charge in [-0.05, 0) is 30.3 Å². The van der Waals surface area contributed by atoms with Crippen molar-refractivity contribution >= 4 is 13.4 Å². The highest BCUT2D eigenvalue weighted by Gasteiger charge is 2.37. The van der Waals surface area contributed by atoms with E-state index in [2.05, 4.69) is 0 Å². The van der Waals surface area contributed by atoms with Crippen LogP contribution in [0.25, 0.3) is 5.70 Å². The smallest absolute Gasteiger partial charge is 0.294 e. The van der Waals surface area contributed by atoms with E-state index >= 15 is 0 Å². The van der Waals surface area contributed by atoms with E-state index in [-0.39, 0.29) is 12.4 Å². The number of halogens is 1. The van der Waals surface area contributed by atoms with Crippen LogP contribution in [0.1, 0.15) is 5.56 Å². The van der Waals surface area contributed by atoms with Gasteiger partial charge in [0.1, 0.15) is 5.82 Å². The zero-order chi connectivity index (χ0) is 13.2. The third-order valence-corrected chi connectivity index (χ3v) is 4.20. The summed E-state index contributed by atoms with van der Waals surface area (Å²) in [6, 6.07) is 5.77. The van der Waals surface area contributed by atoms with Gasteiger partial charge >= 0.3 is 7.75 Å². The largest absolute Gasteiger partial charge is 0.458 e. The van der Waals surface area contributed by atoms with E-state index in [1.807, 2.05) is 0 Å². The Labute approximate surface area is 104 Å². The van der Waals surface area contributed by atoms with Crippen molar-refractivity contribution in [1.29, 1.82) is 0 Å². The normalized spacial score (nSPS) is 15.9. The molecule has 2 rings (SSSR count). The Hall–Kier alpha value is -1.20. The van der Waals surface area contributed by atoms with E-state index in [4.69, 9.17) is 13.9 Å². The van der Waals surface area contributed by atoms with Gasteiger partial charge in [-0.2, -0.15) is 4.83 Å². The molecule has 0 spiro atoms. The van der Waals surface area contributed by atoms with Crippen LogP contribution >= 0.6 is 7.75 Å². The fourth-order valence-corrected chi connectivity index (χ4v) is 2.72.